The molecule has 0 spiro atoms. The smallest absolute Gasteiger partial charge is 0.308 e. The molecule has 2 aromatic carbocycles. The van der Waals surface area contributed by atoms with Crippen LogP contribution >= 0.6 is 0 Å². The summed E-state index contributed by atoms with van der Waals surface area (Å²) in [4.78, 5) is 25.5. The van der Waals surface area contributed by atoms with E-state index in [9.17, 15) is 14.7 Å². The molecule has 174 valence electrons. The first kappa shape index (κ1) is 24.3. The molecule has 0 amide bonds. The van der Waals surface area contributed by atoms with E-state index in [1.54, 1.807) is 0 Å². The molecule has 0 heterocycles. The fourth-order valence-electron chi connectivity index (χ4n) is 4.42. The highest BCUT2D eigenvalue weighted by Crippen LogP contribution is 2.44. The fourth-order valence-corrected chi connectivity index (χ4v) is 4.42. The minimum Gasteiger partial charge on any atom is -0.507 e. The van der Waals surface area contributed by atoms with Crippen molar-refractivity contribution in [1.29, 1.82) is 0 Å². The van der Waals surface area contributed by atoms with Gasteiger partial charge in [-0.3, -0.25) is 9.59 Å². The zero-order valence-electron chi connectivity index (χ0n) is 19.8. The number of methoxy groups -OCH3 is 1. The highest BCUT2D eigenvalue weighted by molar-refractivity contribution is 6.04. The fraction of sp³-hybridized carbons (Fsp3) is 0.357. The summed E-state index contributed by atoms with van der Waals surface area (Å²) < 4.78 is 10.5. The number of ether oxygens (including phenoxy) is 2. The van der Waals surface area contributed by atoms with Crippen LogP contribution in [0.4, 0.5) is 0 Å². The van der Waals surface area contributed by atoms with Gasteiger partial charge in [-0.25, -0.2) is 0 Å². The SMILES string of the molecule is COc1cc(O)c(C(=O)C2CC=C(CCC=C(C)C)CC2c2ccccc2)c(OC(C)=O)c1. The summed E-state index contributed by atoms with van der Waals surface area (Å²) in [6.45, 7) is 5.46. The number of allylic oxidation sites excluding steroid dienone is 4. The molecule has 0 saturated carbocycles. The highest BCUT2D eigenvalue weighted by Gasteiger charge is 2.36. The van der Waals surface area contributed by atoms with Crippen LogP contribution in [0.5, 0.6) is 17.2 Å². The van der Waals surface area contributed by atoms with Crippen molar-refractivity contribution in [3.05, 3.63) is 76.9 Å². The molecule has 5 nitrogen and oxygen atoms in total. The molecule has 0 aliphatic heterocycles. The van der Waals surface area contributed by atoms with Crippen molar-refractivity contribution in [2.45, 2.75) is 52.4 Å². The average Bonchev–Trinajstić information content (AvgIpc) is 2.78. The Morgan fingerprint density at radius 3 is 2.48 bits per heavy atom. The van der Waals surface area contributed by atoms with E-state index in [1.807, 2.05) is 30.3 Å². The maximum Gasteiger partial charge on any atom is 0.308 e. The standard InChI is InChI=1S/C28H32O5/c1-18(2)9-8-10-20-13-14-23(24(15-20)21-11-6-5-7-12-21)28(31)27-25(30)16-22(32-4)17-26(27)33-19(3)29/h5-7,9,11-13,16-17,23-24,30H,8,10,14-15H2,1-4H3. The van der Waals surface area contributed by atoms with Crippen LogP contribution in [0.2, 0.25) is 0 Å². The van der Waals surface area contributed by atoms with Crippen LogP contribution in [0.25, 0.3) is 0 Å². The maximum absolute atomic E-state index is 13.8. The lowest BCUT2D eigenvalue weighted by atomic mass is 9.72. The number of phenolic OH excluding ortho intramolecular Hbond substituents is 1. The predicted molar refractivity (Wildman–Crippen MR) is 129 cm³/mol. The van der Waals surface area contributed by atoms with Crippen molar-refractivity contribution in [3.8, 4) is 17.2 Å². The number of aromatic hydroxyl groups is 1. The summed E-state index contributed by atoms with van der Waals surface area (Å²) in [5.74, 6) is -1.13. The predicted octanol–water partition coefficient (Wildman–Crippen LogP) is 6.38. The van der Waals surface area contributed by atoms with Gasteiger partial charge < -0.3 is 14.6 Å². The van der Waals surface area contributed by atoms with E-state index in [4.69, 9.17) is 9.47 Å². The first-order valence-electron chi connectivity index (χ1n) is 11.3. The third kappa shape index (κ3) is 6.13. The largest absolute Gasteiger partial charge is 0.507 e. The monoisotopic (exact) mass is 448 g/mol. The topological polar surface area (TPSA) is 72.8 Å². The van der Waals surface area contributed by atoms with Gasteiger partial charge in [-0.05, 0) is 51.0 Å². The first-order chi connectivity index (χ1) is 15.8. The van der Waals surface area contributed by atoms with Gasteiger partial charge in [0, 0.05) is 25.0 Å². The summed E-state index contributed by atoms with van der Waals surface area (Å²) in [6, 6.07) is 12.9. The van der Waals surface area contributed by atoms with E-state index < -0.39 is 5.97 Å². The number of rotatable bonds is 8. The molecule has 2 aromatic rings. The van der Waals surface area contributed by atoms with E-state index >= 15 is 0 Å². The van der Waals surface area contributed by atoms with Crippen LogP contribution in [0.1, 0.15) is 68.3 Å². The minimum atomic E-state index is -0.568. The van der Waals surface area contributed by atoms with Gasteiger partial charge in [0.15, 0.2) is 5.78 Å². The Labute approximate surface area is 195 Å². The van der Waals surface area contributed by atoms with Crippen molar-refractivity contribution in [1.82, 2.24) is 0 Å². The van der Waals surface area contributed by atoms with Gasteiger partial charge in [0.25, 0.3) is 0 Å². The molecular formula is C28H32O5. The Kier molecular flexibility index (Phi) is 8.10. The Bertz CT molecular complexity index is 1060. The third-order valence-electron chi connectivity index (χ3n) is 6.00. The number of carbonyl (C=O) groups is 2. The Morgan fingerprint density at radius 1 is 1.12 bits per heavy atom. The summed E-state index contributed by atoms with van der Waals surface area (Å²) in [7, 11) is 1.45. The van der Waals surface area contributed by atoms with Gasteiger partial charge in [-0.15, -0.1) is 0 Å². The molecule has 3 rings (SSSR count). The van der Waals surface area contributed by atoms with Crippen molar-refractivity contribution in [2.75, 3.05) is 7.11 Å². The molecular weight excluding hydrogens is 416 g/mol. The Balaban J connectivity index is 1.99. The van der Waals surface area contributed by atoms with E-state index in [0.29, 0.717) is 12.2 Å². The lowest BCUT2D eigenvalue weighted by molar-refractivity contribution is -0.131. The van der Waals surface area contributed by atoms with Crippen LogP contribution < -0.4 is 9.47 Å². The number of hydrogen-bond acceptors (Lipinski definition) is 5. The summed E-state index contributed by atoms with van der Waals surface area (Å²) in [6.07, 6.45) is 7.67. The van der Waals surface area contributed by atoms with Gasteiger partial charge in [0.05, 0.1) is 7.11 Å². The van der Waals surface area contributed by atoms with Crippen molar-refractivity contribution in [2.24, 2.45) is 5.92 Å². The molecule has 0 saturated heterocycles. The van der Waals surface area contributed by atoms with Gasteiger partial charge in [-0.1, -0.05) is 53.6 Å². The van der Waals surface area contributed by atoms with E-state index in [-0.39, 0.29) is 34.7 Å². The molecule has 0 bridgehead atoms. The van der Waals surface area contributed by atoms with Crippen molar-refractivity contribution >= 4 is 11.8 Å². The van der Waals surface area contributed by atoms with Crippen LogP contribution in [-0.2, 0) is 4.79 Å². The minimum absolute atomic E-state index is 0.0227. The van der Waals surface area contributed by atoms with Crippen LogP contribution in [-0.4, -0.2) is 24.0 Å². The van der Waals surface area contributed by atoms with Crippen molar-refractivity contribution in [3.63, 3.8) is 0 Å². The normalized spacial score (nSPS) is 17.6. The van der Waals surface area contributed by atoms with Gasteiger partial charge in [-0.2, -0.15) is 0 Å². The Hall–Kier alpha value is -3.34. The number of benzene rings is 2. The average molecular weight is 449 g/mol. The molecule has 1 N–H and O–H groups in total. The van der Waals surface area contributed by atoms with Crippen molar-refractivity contribution < 1.29 is 24.2 Å². The first-order valence-corrected chi connectivity index (χ1v) is 11.3. The number of ketones is 1. The van der Waals surface area contributed by atoms with E-state index in [1.165, 1.54) is 37.3 Å². The second-order valence-electron chi connectivity index (χ2n) is 8.72. The van der Waals surface area contributed by atoms with Crippen LogP contribution in [0.15, 0.2) is 65.8 Å². The number of carbonyl (C=O) groups excluding carboxylic acids is 2. The number of phenols is 1. The second-order valence-corrected chi connectivity index (χ2v) is 8.72. The number of Topliss-reactive ketones (excluding diaryl/α,β-unsaturated/α-hetero) is 1. The molecule has 1 aliphatic carbocycles. The molecule has 2 atom stereocenters. The molecule has 0 radical (unpaired) electrons. The quantitative estimate of drug-likeness (QED) is 0.220. The third-order valence-corrected chi connectivity index (χ3v) is 6.00. The number of esters is 1. The summed E-state index contributed by atoms with van der Waals surface area (Å²) >= 11 is 0. The molecule has 2 unspecified atom stereocenters. The van der Waals surface area contributed by atoms with E-state index in [0.717, 1.165) is 24.8 Å². The zero-order chi connectivity index (χ0) is 24.0. The number of hydrogen-bond donors (Lipinski definition) is 1. The molecule has 33 heavy (non-hydrogen) atoms. The highest BCUT2D eigenvalue weighted by atomic mass is 16.5. The van der Waals surface area contributed by atoms with E-state index in [2.05, 4.69) is 26.0 Å². The molecule has 0 aromatic heterocycles. The molecule has 5 heteroatoms. The lowest BCUT2D eigenvalue weighted by Gasteiger charge is -2.31. The zero-order valence-corrected chi connectivity index (χ0v) is 19.8. The van der Waals surface area contributed by atoms with Crippen LogP contribution in [0.3, 0.4) is 0 Å². The van der Waals surface area contributed by atoms with Gasteiger partial charge in [0.1, 0.15) is 22.8 Å². The van der Waals surface area contributed by atoms with Gasteiger partial charge >= 0.3 is 5.97 Å². The van der Waals surface area contributed by atoms with Crippen LogP contribution in [0, 0.1) is 5.92 Å². The second kappa shape index (κ2) is 11.0. The maximum atomic E-state index is 13.8. The lowest BCUT2D eigenvalue weighted by Crippen LogP contribution is -2.26. The summed E-state index contributed by atoms with van der Waals surface area (Å²) in [5.41, 5.74) is 3.75. The molecule has 1 aliphatic rings. The van der Waals surface area contributed by atoms with Gasteiger partial charge in [0.2, 0.25) is 0 Å². The summed E-state index contributed by atoms with van der Waals surface area (Å²) in [5, 5.41) is 10.7. The molecule has 0 fully saturated rings. The Morgan fingerprint density at radius 2 is 1.85 bits per heavy atom.